The first-order chi connectivity index (χ1) is 7.72. The number of rotatable bonds is 4. The minimum absolute atomic E-state index is 0.0530. The molecule has 1 unspecified atom stereocenters. The summed E-state index contributed by atoms with van der Waals surface area (Å²) in [6.07, 6.45) is 3.22. The Hall–Kier alpha value is -1.06. The van der Waals surface area contributed by atoms with Gasteiger partial charge in [0.15, 0.2) is 0 Å². The SMILES string of the molecule is NCC(c1cccc(O)c1)C1(CO)CCC1. The molecule has 0 aliphatic heterocycles. The molecule has 0 spiro atoms. The van der Waals surface area contributed by atoms with Crippen molar-refractivity contribution in [3.8, 4) is 5.75 Å². The van der Waals surface area contributed by atoms with E-state index in [-0.39, 0.29) is 23.7 Å². The fourth-order valence-electron chi connectivity index (χ4n) is 2.73. The van der Waals surface area contributed by atoms with Crippen molar-refractivity contribution in [1.82, 2.24) is 0 Å². The Morgan fingerprint density at radius 1 is 1.38 bits per heavy atom. The molecule has 0 saturated heterocycles. The first kappa shape index (κ1) is 11.4. The molecule has 1 aliphatic carbocycles. The predicted molar refractivity (Wildman–Crippen MR) is 63.3 cm³/mol. The van der Waals surface area contributed by atoms with Crippen molar-refractivity contribution < 1.29 is 10.2 Å². The molecular weight excluding hydrogens is 202 g/mol. The van der Waals surface area contributed by atoms with Gasteiger partial charge >= 0.3 is 0 Å². The van der Waals surface area contributed by atoms with Crippen LogP contribution < -0.4 is 5.73 Å². The second kappa shape index (κ2) is 4.44. The Kier molecular flexibility index (Phi) is 3.17. The Labute approximate surface area is 95.9 Å². The maximum atomic E-state index is 9.55. The zero-order chi connectivity index (χ0) is 11.6. The van der Waals surface area contributed by atoms with Crippen molar-refractivity contribution in [2.75, 3.05) is 13.2 Å². The second-order valence-corrected chi connectivity index (χ2v) is 4.76. The summed E-state index contributed by atoms with van der Waals surface area (Å²) < 4.78 is 0. The Balaban J connectivity index is 2.28. The predicted octanol–water partition coefficient (Wildman–Crippen LogP) is 1.60. The first-order valence-corrected chi connectivity index (χ1v) is 5.82. The Morgan fingerprint density at radius 3 is 2.56 bits per heavy atom. The quantitative estimate of drug-likeness (QED) is 0.723. The van der Waals surface area contributed by atoms with E-state index in [9.17, 15) is 10.2 Å². The molecule has 0 aromatic heterocycles. The van der Waals surface area contributed by atoms with Gasteiger partial charge in [0.25, 0.3) is 0 Å². The molecule has 3 nitrogen and oxygen atoms in total. The van der Waals surface area contributed by atoms with Crippen LogP contribution in [0.4, 0.5) is 0 Å². The van der Waals surface area contributed by atoms with E-state index < -0.39 is 0 Å². The zero-order valence-corrected chi connectivity index (χ0v) is 9.39. The summed E-state index contributed by atoms with van der Waals surface area (Å²) in [4.78, 5) is 0. The lowest BCUT2D eigenvalue weighted by Crippen LogP contribution is -2.42. The summed E-state index contributed by atoms with van der Waals surface area (Å²) in [7, 11) is 0. The third-order valence-corrected chi connectivity index (χ3v) is 3.91. The van der Waals surface area contributed by atoms with Crippen molar-refractivity contribution >= 4 is 0 Å². The van der Waals surface area contributed by atoms with Crippen LogP contribution in [0, 0.1) is 5.41 Å². The summed E-state index contributed by atoms with van der Waals surface area (Å²) in [5.41, 5.74) is 6.82. The number of phenols is 1. The fourth-order valence-corrected chi connectivity index (χ4v) is 2.73. The van der Waals surface area contributed by atoms with Crippen molar-refractivity contribution in [1.29, 1.82) is 0 Å². The molecule has 2 rings (SSSR count). The van der Waals surface area contributed by atoms with Crippen molar-refractivity contribution in [2.24, 2.45) is 11.1 Å². The van der Waals surface area contributed by atoms with Gasteiger partial charge in [0.05, 0.1) is 0 Å². The minimum Gasteiger partial charge on any atom is -0.508 e. The highest BCUT2D eigenvalue weighted by atomic mass is 16.3. The third kappa shape index (κ3) is 1.81. The van der Waals surface area contributed by atoms with Crippen LogP contribution in [0.15, 0.2) is 24.3 Å². The number of aliphatic hydroxyl groups is 1. The number of benzene rings is 1. The molecule has 0 radical (unpaired) electrons. The lowest BCUT2D eigenvalue weighted by molar-refractivity contribution is 0.0191. The number of aromatic hydroxyl groups is 1. The van der Waals surface area contributed by atoms with Gasteiger partial charge in [-0.2, -0.15) is 0 Å². The van der Waals surface area contributed by atoms with Gasteiger partial charge in [-0.05, 0) is 37.1 Å². The van der Waals surface area contributed by atoms with Gasteiger partial charge in [0.2, 0.25) is 0 Å². The number of phenolic OH excluding ortho intramolecular Hbond substituents is 1. The molecule has 1 aliphatic rings. The topological polar surface area (TPSA) is 66.5 Å². The van der Waals surface area contributed by atoms with E-state index in [1.54, 1.807) is 12.1 Å². The van der Waals surface area contributed by atoms with Gasteiger partial charge in [-0.25, -0.2) is 0 Å². The van der Waals surface area contributed by atoms with Crippen LogP contribution in [0.3, 0.4) is 0 Å². The van der Waals surface area contributed by atoms with Gasteiger partial charge in [-0.15, -0.1) is 0 Å². The highest BCUT2D eigenvalue weighted by molar-refractivity contribution is 5.32. The number of hydrogen-bond donors (Lipinski definition) is 3. The van der Waals surface area contributed by atoms with Crippen molar-refractivity contribution in [3.05, 3.63) is 29.8 Å². The maximum absolute atomic E-state index is 9.55. The average Bonchev–Trinajstić information content (AvgIpc) is 2.23. The summed E-state index contributed by atoms with van der Waals surface area (Å²) in [5, 5.41) is 19.0. The summed E-state index contributed by atoms with van der Waals surface area (Å²) in [6.45, 7) is 0.703. The molecule has 0 amide bonds. The van der Waals surface area contributed by atoms with Gasteiger partial charge in [-0.3, -0.25) is 0 Å². The molecule has 1 aromatic carbocycles. The molecule has 0 heterocycles. The standard InChI is InChI=1S/C13H19NO2/c14-8-12(13(9-15)5-2-6-13)10-3-1-4-11(16)7-10/h1,3-4,7,12,15-16H,2,5-6,8-9,14H2. The zero-order valence-electron chi connectivity index (χ0n) is 9.39. The molecule has 1 saturated carbocycles. The van der Waals surface area contributed by atoms with Crippen LogP contribution >= 0.6 is 0 Å². The summed E-state index contributed by atoms with van der Waals surface area (Å²) >= 11 is 0. The minimum atomic E-state index is -0.0530. The first-order valence-electron chi connectivity index (χ1n) is 5.82. The maximum Gasteiger partial charge on any atom is 0.115 e. The van der Waals surface area contributed by atoms with E-state index in [1.807, 2.05) is 12.1 Å². The molecule has 16 heavy (non-hydrogen) atoms. The molecule has 3 heteroatoms. The largest absolute Gasteiger partial charge is 0.508 e. The molecule has 0 bridgehead atoms. The molecule has 4 N–H and O–H groups in total. The molecule has 1 fully saturated rings. The van der Waals surface area contributed by atoms with Crippen LogP contribution in [-0.4, -0.2) is 23.4 Å². The highest BCUT2D eigenvalue weighted by Crippen LogP contribution is 2.50. The fraction of sp³-hybridized carbons (Fsp3) is 0.538. The van der Waals surface area contributed by atoms with Crippen molar-refractivity contribution in [3.63, 3.8) is 0 Å². The van der Waals surface area contributed by atoms with Crippen LogP contribution in [0.25, 0.3) is 0 Å². The van der Waals surface area contributed by atoms with Gasteiger partial charge in [0.1, 0.15) is 5.75 Å². The van der Waals surface area contributed by atoms with E-state index in [2.05, 4.69) is 0 Å². The molecule has 1 aromatic rings. The second-order valence-electron chi connectivity index (χ2n) is 4.76. The summed E-state index contributed by atoms with van der Waals surface area (Å²) in [6, 6.07) is 7.22. The van der Waals surface area contributed by atoms with Gasteiger partial charge in [0, 0.05) is 17.9 Å². The Bertz CT molecular complexity index is 355. The number of nitrogens with two attached hydrogens (primary N) is 1. The van der Waals surface area contributed by atoms with E-state index in [4.69, 9.17) is 5.73 Å². The lowest BCUT2D eigenvalue weighted by Gasteiger charge is -2.46. The smallest absolute Gasteiger partial charge is 0.115 e. The van der Waals surface area contributed by atoms with E-state index in [1.165, 1.54) is 0 Å². The normalized spacial score (nSPS) is 20.1. The van der Waals surface area contributed by atoms with E-state index >= 15 is 0 Å². The monoisotopic (exact) mass is 221 g/mol. The van der Waals surface area contributed by atoms with Crippen LogP contribution in [0.1, 0.15) is 30.7 Å². The lowest BCUT2D eigenvalue weighted by atomic mass is 9.60. The third-order valence-electron chi connectivity index (χ3n) is 3.91. The average molecular weight is 221 g/mol. The van der Waals surface area contributed by atoms with Crippen molar-refractivity contribution in [2.45, 2.75) is 25.2 Å². The van der Waals surface area contributed by atoms with Crippen LogP contribution in [0.5, 0.6) is 5.75 Å². The molecule has 1 atom stereocenters. The van der Waals surface area contributed by atoms with Gasteiger partial charge in [-0.1, -0.05) is 18.6 Å². The Morgan fingerprint density at radius 2 is 2.12 bits per heavy atom. The number of hydrogen-bond acceptors (Lipinski definition) is 3. The highest BCUT2D eigenvalue weighted by Gasteiger charge is 2.43. The van der Waals surface area contributed by atoms with E-state index in [0.29, 0.717) is 6.54 Å². The van der Waals surface area contributed by atoms with Gasteiger partial charge < -0.3 is 15.9 Å². The number of aliphatic hydroxyl groups excluding tert-OH is 1. The van der Waals surface area contributed by atoms with E-state index in [0.717, 1.165) is 24.8 Å². The molecule has 88 valence electrons. The summed E-state index contributed by atoms with van der Waals surface area (Å²) in [5.74, 6) is 0.418. The van der Waals surface area contributed by atoms with Crippen LogP contribution in [-0.2, 0) is 0 Å². The molecular formula is C13H19NO2. The van der Waals surface area contributed by atoms with Crippen LogP contribution in [0.2, 0.25) is 0 Å².